The lowest BCUT2D eigenvalue weighted by molar-refractivity contribution is -0.162. The van der Waals surface area contributed by atoms with Gasteiger partial charge in [-0.05, 0) is 44.9 Å². The highest BCUT2D eigenvalue weighted by atomic mass is 16.6. The van der Waals surface area contributed by atoms with Gasteiger partial charge in [-0.2, -0.15) is 0 Å². The molecule has 0 aromatic carbocycles. The molecule has 0 bridgehead atoms. The maximum Gasteiger partial charge on any atom is 0.309 e. The SMILES string of the molecule is CC/C=C\C/C=C\C/C=C\C/C=C\C/C=C\CC(=O)OCC(COCCCCCCCCCCCC)OC(=O)CCCCCCCCCCCCCCC. The number of hydrogen-bond donors (Lipinski definition) is 0. The van der Waals surface area contributed by atoms with E-state index in [1.165, 1.54) is 122 Å². The van der Waals surface area contributed by atoms with Gasteiger partial charge in [0, 0.05) is 13.0 Å². The molecule has 0 spiro atoms. The van der Waals surface area contributed by atoms with Crippen LogP contribution in [-0.4, -0.2) is 37.9 Å². The number of hydrogen-bond acceptors (Lipinski definition) is 5. The Bertz CT molecular complexity index is 946. The Kier molecular flexibility index (Phi) is 43.0. The fourth-order valence-electron chi connectivity index (χ4n) is 6.23. The van der Waals surface area contributed by atoms with Crippen molar-refractivity contribution in [1.29, 1.82) is 0 Å². The van der Waals surface area contributed by atoms with Crippen LogP contribution in [0.4, 0.5) is 0 Å². The monoisotopic (exact) mass is 755 g/mol. The summed E-state index contributed by atoms with van der Waals surface area (Å²) in [6.07, 6.45) is 55.2. The zero-order valence-corrected chi connectivity index (χ0v) is 35.7. The van der Waals surface area contributed by atoms with Crippen molar-refractivity contribution in [3.8, 4) is 0 Å². The maximum absolute atomic E-state index is 12.7. The average molecular weight is 755 g/mol. The van der Waals surface area contributed by atoms with Crippen LogP contribution in [0, 0.1) is 0 Å². The normalized spacial score (nSPS) is 12.7. The molecule has 0 amide bonds. The van der Waals surface area contributed by atoms with Crippen molar-refractivity contribution in [1.82, 2.24) is 0 Å². The Morgan fingerprint density at radius 2 is 0.815 bits per heavy atom. The Labute approximate surface area is 334 Å². The van der Waals surface area contributed by atoms with Gasteiger partial charge in [-0.25, -0.2) is 0 Å². The first kappa shape index (κ1) is 51.6. The van der Waals surface area contributed by atoms with Crippen molar-refractivity contribution < 1.29 is 23.8 Å². The molecule has 0 aromatic heterocycles. The lowest BCUT2D eigenvalue weighted by Gasteiger charge is -2.18. The molecule has 0 aromatic rings. The van der Waals surface area contributed by atoms with Gasteiger partial charge in [-0.15, -0.1) is 0 Å². The van der Waals surface area contributed by atoms with E-state index in [1.54, 1.807) is 0 Å². The highest BCUT2D eigenvalue weighted by Gasteiger charge is 2.17. The minimum Gasteiger partial charge on any atom is -0.461 e. The summed E-state index contributed by atoms with van der Waals surface area (Å²) >= 11 is 0. The van der Waals surface area contributed by atoms with Gasteiger partial charge in [0.2, 0.25) is 0 Å². The minimum absolute atomic E-state index is 0.0336. The van der Waals surface area contributed by atoms with E-state index in [0.717, 1.165) is 57.8 Å². The molecule has 0 N–H and O–H groups in total. The van der Waals surface area contributed by atoms with E-state index in [0.29, 0.717) is 13.0 Å². The van der Waals surface area contributed by atoms with Crippen molar-refractivity contribution in [2.24, 2.45) is 0 Å². The van der Waals surface area contributed by atoms with Crippen LogP contribution in [0.3, 0.4) is 0 Å². The molecular weight excluding hydrogens is 669 g/mol. The second-order valence-electron chi connectivity index (χ2n) is 15.0. The van der Waals surface area contributed by atoms with Crippen molar-refractivity contribution in [2.45, 2.75) is 219 Å². The molecule has 0 rings (SSSR count). The quantitative estimate of drug-likeness (QED) is 0.0353. The molecule has 1 atom stereocenters. The van der Waals surface area contributed by atoms with Gasteiger partial charge in [0.25, 0.3) is 0 Å². The van der Waals surface area contributed by atoms with Gasteiger partial charge < -0.3 is 14.2 Å². The van der Waals surface area contributed by atoms with Crippen LogP contribution in [-0.2, 0) is 23.8 Å². The van der Waals surface area contributed by atoms with E-state index in [1.807, 2.05) is 12.2 Å². The zero-order valence-electron chi connectivity index (χ0n) is 35.7. The fourth-order valence-corrected chi connectivity index (χ4v) is 6.23. The van der Waals surface area contributed by atoms with Gasteiger partial charge in [0.15, 0.2) is 6.10 Å². The molecule has 0 saturated heterocycles. The zero-order chi connectivity index (χ0) is 39.3. The second-order valence-corrected chi connectivity index (χ2v) is 15.0. The molecule has 1 unspecified atom stereocenters. The van der Waals surface area contributed by atoms with E-state index >= 15 is 0 Å². The predicted octanol–water partition coefficient (Wildman–Crippen LogP) is 15.0. The number of unbranched alkanes of at least 4 members (excludes halogenated alkanes) is 21. The molecule has 312 valence electrons. The third-order valence-electron chi connectivity index (χ3n) is 9.60. The Morgan fingerprint density at radius 1 is 0.426 bits per heavy atom. The van der Waals surface area contributed by atoms with Gasteiger partial charge in [-0.1, -0.05) is 216 Å². The van der Waals surface area contributed by atoms with Crippen LogP contribution >= 0.6 is 0 Å². The van der Waals surface area contributed by atoms with E-state index in [9.17, 15) is 9.59 Å². The lowest BCUT2D eigenvalue weighted by atomic mass is 10.0. The molecule has 0 aliphatic heterocycles. The third-order valence-corrected chi connectivity index (χ3v) is 9.60. The van der Waals surface area contributed by atoms with Gasteiger partial charge in [0.05, 0.1) is 13.0 Å². The van der Waals surface area contributed by atoms with Crippen molar-refractivity contribution >= 4 is 11.9 Å². The van der Waals surface area contributed by atoms with Gasteiger partial charge in [-0.3, -0.25) is 9.59 Å². The molecule has 0 aliphatic carbocycles. The predicted molar refractivity (Wildman–Crippen MR) is 233 cm³/mol. The van der Waals surface area contributed by atoms with Crippen LogP contribution in [0.1, 0.15) is 213 Å². The van der Waals surface area contributed by atoms with Crippen LogP contribution in [0.15, 0.2) is 60.8 Å². The van der Waals surface area contributed by atoms with Crippen LogP contribution in [0.25, 0.3) is 0 Å². The van der Waals surface area contributed by atoms with E-state index in [4.69, 9.17) is 14.2 Å². The molecule has 0 saturated carbocycles. The minimum atomic E-state index is -0.570. The third kappa shape index (κ3) is 42.3. The summed E-state index contributed by atoms with van der Waals surface area (Å²) in [5.74, 6) is -0.539. The highest BCUT2D eigenvalue weighted by Crippen LogP contribution is 2.14. The first-order valence-corrected chi connectivity index (χ1v) is 22.8. The highest BCUT2D eigenvalue weighted by molar-refractivity contribution is 5.71. The van der Waals surface area contributed by atoms with Crippen molar-refractivity contribution in [2.75, 3.05) is 19.8 Å². The standard InChI is InChI=1S/C49H86O5/c1-4-7-10-13-16-19-22-24-25-27-28-30-33-36-39-42-48(50)53-46-47(45-52-44-41-38-35-32-21-18-15-12-9-6-3)54-49(51)43-40-37-34-31-29-26-23-20-17-14-11-8-5-2/h7,10,16,19,24-25,28,30,36,39,47H,4-6,8-9,11-15,17-18,20-23,26-27,29,31-35,37-38,40-46H2,1-3H3/b10-7-,19-16-,25-24-,30-28-,39-36-. The summed E-state index contributed by atoms with van der Waals surface area (Å²) in [6, 6.07) is 0. The summed E-state index contributed by atoms with van der Waals surface area (Å²) in [4.78, 5) is 25.2. The molecule has 0 aliphatic rings. The van der Waals surface area contributed by atoms with Crippen molar-refractivity contribution in [3.63, 3.8) is 0 Å². The number of esters is 2. The Balaban J connectivity index is 4.36. The molecule has 5 heteroatoms. The summed E-state index contributed by atoms with van der Waals surface area (Å²) in [5.41, 5.74) is 0. The van der Waals surface area contributed by atoms with E-state index < -0.39 is 6.10 Å². The number of carbonyl (C=O) groups excluding carboxylic acids is 2. The van der Waals surface area contributed by atoms with Crippen LogP contribution in [0.5, 0.6) is 0 Å². The number of ether oxygens (including phenoxy) is 3. The molecule has 0 fully saturated rings. The van der Waals surface area contributed by atoms with Crippen LogP contribution in [0.2, 0.25) is 0 Å². The first-order chi connectivity index (χ1) is 26.6. The number of allylic oxidation sites excluding steroid dienone is 9. The summed E-state index contributed by atoms with van der Waals surface area (Å²) in [7, 11) is 0. The second kappa shape index (κ2) is 45.0. The smallest absolute Gasteiger partial charge is 0.309 e. The summed E-state index contributed by atoms with van der Waals surface area (Å²) < 4.78 is 17.2. The maximum atomic E-state index is 12.7. The largest absolute Gasteiger partial charge is 0.461 e. The molecule has 0 heterocycles. The molecule has 5 nitrogen and oxygen atoms in total. The Hall–Kier alpha value is -2.40. The first-order valence-electron chi connectivity index (χ1n) is 22.8. The van der Waals surface area contributed by atoms with Crippen molar-refractivity contribution in [3.05, 3.63) is 60.8 Å². The fraction of sp³-hybridized carbons (Fsp3) is 0.755. The Morgan fingerprint density at radius 3 is 1.26 bits per heavy atom. The van der Waals surface area contributed by atoms with Gasteiger partial charge in [0.1, 0.15) is 6.61 Å². The number of rotatable bonds is 41. The topological polar surface area (TPSA) is 61.8 Å². The summed E-state index contributed by atoms with van der Waals surface area (Å²) in [6.45, 7) is 7.61. The van der Waals surface area contributed by atoms with Gasteiger partial charge >= 0.3 is 11.9 Å². The van der Waals surface area contributed by atoms with Crippen LogP contribution < -0.4 is 0 Å². The molecule has 0 radical (unpaired) electrons. The lowest BCUT2D eigenvalue weighted by Crippen LogP contribution is -2.30. The molecule has 54 heavy (non-hydrogen) atoms. The summed E-state index contributed by atoms with van der Waals surface area (Å²) in [5, 5.41) is 0. The van der Waals surface area contributed by atoms with E-state index in [2.05, 4.69) is 69.4 Å². The molecular formula is C49H86O5. The average Bonchev–Trinajstić information content (AvgIpc) is 3.17. The van der Waals surface area contributed by atoms with E-state index in [-0.39, 0.29) is 31.6 Å². The number of carbonyl (C=O) groups is 2.